The van der Waals surface area contributed by atoms with Crippen molar-refractivity contribution < 1.29 is 0 Å². The Morgan fingerprint density at radius 2 is 2.18 bits per heavy atom. The van der Waals surface area contributed by atoms with E-state index in [2.05, 4.69) is 36.5 Å². The van der Waals surface area contributed by atoms with E-state index in [9.17, 15) is 0 Å². The Morgan fingerprint density at radius 1 is 1.27 bits per heavy atom. The van der Waals surface area contributed by atoms with Gasteiger partial charge in [0.25, 0.3) is 0 Å². The van der Waals surface area contributed by atoms with Gasteiger partial charge in [-0.3, -0.25) is 0 Å². The van der Waals surface area contributed by atoms with Crippen LogP contribution >= 0.6 is 0 Å². The minimum atomic E-state index is 0.421. The van der Waals surface area contributed by atoms with Crippen LogP contribution in [0.25, 0.3) is 0 Å². The second kappa shape index (κ2) is 2.42. The number of dihydropyridines is 1. The predicted octanol–water partition coefficient (Wildman–Crippen LogP) is 1.91. The van der Waals surface area contributed by atoms with Crippen LogP contribution in [0.15, 0.2) is 47.7 Å². The Bertz CT molecular complexity index is 279. The predicted molar refractivity (Wildman–Crippen MR) is 47.0 cm³/mol. The molecular formula is C10H11N. The molecule has 0 aromatic rings. The van der Waals surface area contributed by atoms with Crippen molar-refractivity contribution in [2.45, 2.75) is 13.0 Å². The largest absolute Gasteiger partial charge is 0.380 e. The van der Waals surface area contributed by atoms with Gasteiger partial charge in [0, 0.05) is 0 Å². The Morgan fingerprint density at radius 3 is 3.00 bits per heavy atom. The van der Waals surface area contributed by atoms with E-state index in [0.29, 0.717) is 6.04 Å². The summed E-state index contributed by atoms with van der Waals surface area (Å²) in [6.07, 6.45) is 12.6. The summed E-state index contributed by atoms with van der Waals surface area (Å²) in [7, 11) is 0. The first kappa shape index (κ1) is 6.47. The van der Waals surface area contributed by atoms with Crippen molar-refractivity contribution >= 4 is 0 Å². The van der Waals surface area contributed by atoms with Crippen LogP contribution in [0.4, 0.5) is 0 Å². The van der Waals surface area contributed by atoms with Crippen LogP contribution < -0.4 is 5.32 Å². The molecule has 0 aromatic heterocycles. The molecule has 1 heterocycles. The Labute approximate surface area is 66.8 Å². The summed E-state index contributed by atoms with van der Waals surface area (Å²) in [5.41, 5.74) is 2.73. The molecule has 2 aliphatic rings. The van der Waals surface area contributed by atoms with Crippen LogP contribution in [0.1, 0.15) is 6.92 Å². The van der Waals surface area contributed by atoms with Crippen LogP contribution in [0.2, 0.25) is 0 Å². The van der Waals surface area contributed by atoms with Gasteiger partial charge in [-0.1, -0.05) is 24.3 Å². The fourth-order valence-electron chi connectivity index (χ4n) is 1.46. The molecule has 56 valence electrons. The van der Waals surface area contributed by atoms with E-state index < -0.39 is 0 Å². The molecule has 1 N–H and O–H groups in total. The first-order valence-corrected chi connectivity index (χ1v) is 3.85. The van der Waals surface area contributed by atoms with Gasteiger partial charge in [-0.2, -0.15) is 0 Å². The fourth-order valence-corrected chi connectivity index (χ4v) is 1.46. The number of hydrogen-bond donors (Lipinski definition) is 1. The maximum atomic E-state index is 3.30. The van der Waals surface area contributed by atoms with Crippen LogP contribution in [0.3, 0.4) is 0 Å². The summed E-state index contributed by atoms with van der Waals surface area (Å²) in [5, 5.41) is 3.30. The first-order chi connectivity index (χ1) is 5.38. The quantitative estimate of drug-likeness (QED) is 0.549. The van der Waals surface area contributed by atoms with Gasteiger partial charge in [0.05, 0.1) is 6.04 Å². The molecule has 0 fully saturated rings. The van der Waals surface area contributed by atoms with E-state index in [1.807, 2.05) is 12.3 Å². The van der Waals surface area contributed by atoms with E-state index in [-0.39, 0.29) is 0 Å². The molecular weight excluding hydrogens is 134 g/mol. The Hall–Kier alpha value is -1.24. The summed E-state index contributed by atoms with van der Waals surface area (Å²) in [5.74, 6) is 0. The summed E-state index contributed by atoms with van der Waals surface area (Å²) in [4.78, 5) is 0. The number of rotatable bonds is 0. The number of hydrogen-bond acceptors (Lipinski definition) is 1. The highest BCUT2D eigenvalue weighted by Gasteiger charge is 2.15. The van der Waals surface area contributed by atoms with Crippen molar-refractivity contribution in [3.63, 3.8) is 0 Å². The van der Waals surface area contributed by atoms with Crippen molar-refractivity contribution in [2.75, 3.05) is 0 Å². The third-order valence-corrected chi connectivity index (χ3v) is 2.08. The van der Waals surface area contributed by atoms with Gasteiger partial charge < -0.3 is 5.32 Å². The first-order valence-electron chi connectivity index (χ1n) is 3.85. The van der Waals surface area contributed by atoms with E-state index in [0.717, 1.165) is 0 Å². The normalized spacial score (nSPS) is 26.8. The van der Waals surface area contributed by atoms with Gasteiger partial charge in [-0.15, -0.1) is 0 Å². The van der Waals surface area contributed by atoms with Crippen molar-refractivity contribution in [3.05, 3.63) is 47.7 Å². The van der Waals surface area contributed by atoms with Gasteiger partial charge in [-0.05, 0) is 30.3 Å². The molecule has 0 aromatic carbocycles. The van der Waals surface area contributed by atoms with Gasteiger partial charge in [0.2, 0.25) is 0 Å². The Kier molecular flexibility index (Phi) is 1.42. The number of allylic oxidation sites excluding steroid dienone is 4. The van der Waals surface area contributed by atoms with Crippen LogP contribution in [0, 0.1) is 0 Å². The highest BCUT2D eigenvalue weighted by molar-refractivity contribution is 5.44. The molecule has 0 saturated carbocycles. The third kappa shape index (κ3) is 1.03. The van der Waals surface area contributed by atoms with E-state index in [4.69, 9.17) is 0 Å². The second-order valence-corrected chi connectivity index (χ2v) is 2.90. The van der Waals surface area contributed by atoms with Gasteiger partial charge in [0.1, 0.15) is 0 Å². The lowest BCUT2D eigenvalue weighted by Crippen LogP contribution is -2.29. The zero-order valence-electron chi connectivity index (χ0n) is 6.54. The van der Waals surface area contributed by atoms with Crippen LogP contribution in [0.5, 0.6) is 0 Å². The van der Waals surface area contributed by atoms with Crippen molar-refractivity contribution in [2.24, 2.45) is 0 Å². The molecule has 1 atom stereocenters. The lowest BCUT2D eigenvalue weighted by atomic mass is 9.93. The van der Waals surface area contributed by atoms with Gasteiger partial charge >= 0.3 is 0 Å². The molecule has 0 bridgehead atoms. The highest BCUT2D eigenvalue weighted by atomic mass is 14.9. The van der Waals surface area contributed by atoms with Crippen molar-refractivity contribution in [3.8, 4) is 0 Å². The molecule has 0 saturated heterocycles. The van der Waals surface area contributed by atoms with E-state index >= 15 is 0 Å². The molecule has 0 spiro atoms. The minimum absolute atomic E-state index is 0.421. The van der Waals surface area contributed by atoms with E-state index in [1.54, 1.807) is 0 Å². The van der Waals surface area contributed by atoms with Crippen LogP contribution in [-0.2, 0) is 0 Å². The smallest absolute Gasteiger partial charge is 0.0722 e. The molecule has 0 amide bonds. The lowest BCUT2D eigenvalue weighted by molar-refractivity contribution is 0.752. The lowest BCUT2D eigenvalue weighted by Gasteiger charge is -2.24. The third-order valence-electron chi connectivity index (χ3n) is 2.08. The molecule has 1 aliphatic heterocycles. The fraction of sp³-hybridized carbons (Fsp3) is 0.200. The summed E-state index contributed by atoms with van der Waals surface area (Å²) < 4.78 is 0. The van der Waals surface area contributed by atoms with E-state index in [1.165, 1.54) is 11.1 Å². The molecule has 0 radical (unpaired) electrons. The maximum Gasteiger partial charge on any atom is 0.0722 e. The monoisotopic (exact) mass is 145 g/mol. The van der Waals surface area contributed by atoms with Crippen molar-refractivity contribution in [1.29, 1.82) is 0 Å². The number of fused-ring (bicyclic) bond motifs is 1. The SMILES string of the molecule is CC1=CC=CC2=CC=CNC12. The zero-order chi connectivity index (χ0) is 7.68. The standard InChI is InChI=1S/C10H11N/c1-8-4-2-5-9-6-3-7-11-10(8)9/h2-7,10-11H,1H3. The van der Waals surface area contributed by atoms with Crippen LogP contribution in [-0.4, -0.2) is 6.04 Å². The molecule has 1 nitrogen and oxygen atoms in total. The summed E-state index contributed by atoms with van der Waals surface area (Å²) >= 11 is 0. The average Bonchev–Trinajstić information content (AvgIpc) is 2.06. The topological polar surface area (TPSA) is 12.0 Å². The summed E-state index contributed by atoms with van der Waals surface area (Å²) in [6, 6.07) is 0.421. The molecule has 1 unspecified atom stereocenters. The highest BCUT2D eigenvalue weighted by Crippen LogP contribution is 2.20. The van der Waals surface area contributed by atoms with Gasteiger partial charge in [-0.25, -0.2) is 0 Å². The maximum absolute atomic E-state index is 3.30. The Balaban J connectivity index is 2.37. The molecule has 1 heteroatoms. The van der Waals surface area contributed by atoms with Gasteiger partial charge in [0.15, 0.2) is 0 Å². The molecule has 1 aliphatic carbocycles. The molecule has 2 rings (SSSR count). The second-order valence-electron chi connectivity index (χ2n) is 2.90. The summed E-state index contributed by atoms with van der Waals surface area (Å²) in [6.45, 7) is 2.15. The van der Waals surface area contributed by atoms with Crippen molar-refractivity contribution in [1.82, 2.24) is 5.32 Å². The average molecular weight is 145 g/mol. The zero-order valence-corrected chi connectivity index (χ0v) is 6.54. The minimum Gasteiger partial charge on any atom is -0.380 e. The molecule has 11 heavy (non-hydrogen) atoms. The number of nitrogens with one attached hydrogen (secondary N) is 1.